The maximum atomic E-state index is 13.9. The van der Waals surface area contributed by atoms with Crippen molar-refractivity contribution in [2.45, 2.75) is 25.8 Å². The fraction of sp³-hybridized carbons (Fsp3) is 0.280. The van der Waals surface area contributed by atoms with Crippen molar-refractivity contribution in [3.63, 3.8) is 0 Å². The summed E-state index contributed by atoms with van der Waals surface area (Å²) in [5, 5.41) is 8.12. The predicted molar refractivity (Wildman–Crippen MR) is 129 cm³/mol. The highest BCUT2D eigenvalue weighted by Gasteiger charge is 2.44. The van der Waals surface area contributed by atoms with E-state index in [2.05, 4.69) is 0 Å². The molecule has 0 radical (unpaired) electrons. The summed E-state index contributed by atoms with van der Waals surface area (Å²) in [6.45, 7) is 0.0374. The van der Waals surface area contributed by atoms with Crippen LogP contribution in [0.4, 0.5) is 26.3 Å². The van der Waals surface area contributed by atoms with Gasteiger partial charge in [-0.3, -0.25) is 19.3 Å². The Morgan fingerprint density at radius 2 is 1.60 bits per heavy atom. The van der Waals surface area contributed by atoms with Gasteiger partial charge < -0.3 is 13.9 Å². The molecule has 0 aliphatic rings. The summed E-state index contributed by atoms with van der Waals surface area (Å²) in [5.41, 5.74) is -7.11. The van der Waals surface area contributed by atoms with Crippen molar-refractivity contribution in [3.05, 3.63) is 91.3 Å². The van der Waals surface area contributed by atoms with Gasteiger partial charge in [0.25, 0.3) is 5.56 Å². The quantitative estimate of drug-likeness (QED) is 0.293. The predicted octanol–water partition coefficient (Wildman–Crippen LogP) is 3.57. The molecule has 0 aliphatic carbocycles. The third kappa shape index (κ3) is 4.82. The van der Waals surface area contributed by atoms with Crippen LogP contribution in [-0.2, 0) is 37.7 Å². The third-order valence-corrected chi connectivity index (χ3v) is 6.33. The number of rotatable bonds is 5. The Kier molecular flexibility index (Phi) is 7.03. The number of imidazole rings is 1. The van der Waals surface area contributed by atoms with E-state index in [1.54, 1.807) is 24.7 Å². The number of aryl methyl sites for hydroxylation is 2. The molecule has 9 nitrogen and oxygen atoms in total. The lowest BCUT2D eigenvalue weighted by molar-refractivity contribution is -0.162. The van der Waals surface area contributed by atoms with Crippen LogP contribution < -0.4 is 16.9 Å². The summed E-state index contributed by atoms with van der Waals surface area (Å²) >= 11 is 0. The molecule has 2 aromatic heterocycles. The van der Waals surface area contributed by atoms with Crippen LogP contribution in [0.15, 0.2) is 52.2 Å². The molecule has 0 amide bonds. The van der Waals surface area contributed by atoms with Gasteiger partial charge in [0.1, 0.15) is 5.56 Å². The number of ether oxygens (including phenoxy) is 1. The second-order valence-corrected chi connectivity index (χ2v) is 8.76. The van der Waals surface area contributed by atoms with E-state index in [-0.39, 0.29) is 28.5 Å². The molecular formula is C25H21F6N5O4. The van der Waals surface area contributed by atoms with Crippen LogP contribution in [0.2, 0.25) is 0 Å². The van der Waals surface area contributed by atoms with Crippen LogP contribution in [0, 0.1) is 5.41 Å². The van der Waals surface area contributed by atoms with E-state index in [4.69, 9.17) is 10.1 Å². The van der Waals surface area contributed by atoms with Crippen LogP contribution >= 0.6 is 0 Å². The summed E-state index contributed by atoms with van der Waals surface area (Å²) in [6.07, 6.45) is -10.00. The number of benzene rings is 2. The number of hydrogen-bond donors (Lipinski definition) is 1. The summed E-state index contributed by atoms with van der Waals surface area (Å²) in [6, 6.07) is 6.11. The summed E-state index contributed by atoms with van der Waals surface area (Å²) in [7, 11) is 3.21. The number of nitrogens with one attached hydrogen (secondary N) is 1. The van der Waals surface area contributed by atoms with Crippen molar-refractivity contribution in [2.75, 3.05) is 6.61 Å². The van der Waals surface area contributed by atoms with E-state index in [1.807, 2.05) is 0 Å². The van der Waals surface area contributed by atoms with Gasteiger partial charge in [-0.2, -0.15) is 26.3 Å². The molecule has 0 saturated heterocycles. The third-order valence-electron chi connectivity index (χ3n) is 6.33. The summed E-state index contributed by atoms with van der Waals surface area (Å²) in [4.78, 5) is 39.2. The van der Waals surface area contributed by atoms with Gasteiger partial charge in [-0.1, -0.05) is 12.1 Å². The van der Waals surface area contributed by atoms with Gasteiger partial charge in [-0.25, -0.2) is 9.59 Å². The van der Waals surface area contributed by atoms with E-state index >= 15 is 0 Å². The maximum Gasteiger partial charge on any atom is 0.417 e. The lowest BCUT2D eigenvalue weighted by atomic mass is 9.99. The fourth-order valence-electron chi connectivity index (χ4n) is 4.42. The first-order valence-electron chi connectivity index (χ1n) is 11.6. The average molecular weight is 569 g/mol. The first kappa shape index (κ1) is 28.4. The Morgan fingerprint density at radius 3 is 2.20 bits per heavy atom. The second kappa shape index (κ2) is 9.88. The molecule has 4 rings (SSSR count). The second-order valence-electron chi connectivity index (χ2n) is 8.76. The molecule has 4 aromatic rings. The van der Waals surface area contributed by atoms with Crippen LogP contribution in [-0.4, -0.2) is 30.8 Å². The number of alkyl halides is 6. The molecular weight excluding hydrogens is 548 g/mol. The van der Waals surface area contributed by atoms with Crippen molar-refractivity contribution in [3.8, 4) is 5.69 Å². The van der Waals surface area contributed by atoms with Gasteiger partial charge in [0.15, 0.2) is 0 Å². The van der Waals surface area contributed by atoms with Gasteiger partial charge in [-0.15, -0.1) is 0 Å². The molecule has 0 bridgehead atoms. The van der Waals surface area contributed by atoms with Gasteiger partial charge in [-0.05, 0) is 36.8 Å². The lowest BCUT2D eigenvalue weighted by Gasteiger charge is -2.20. The first-order valence-corrected chi connectivity index (χ1v) is 11.6. The Hall–Kier alpha value is -4.56. The number of fused-ring (bicyclic) bond motifs is 1. The largest absolute Gasteiger partial charge is 0.462 e. The van der Waals surface area contributed by atoms with Gasteiger partial charge >= 0.3 is 24.0 Å². The molecule has 15 heteroatoms. The Morgan fingerprint density at radius 1 is 0.950 bits per heavy atom. The van der Waals surface area contributed by atoms with Crippen molar-refractivity contribution < 1.29 is 35.9 Å². The number of carbonyl (C=O) groups excluding carboxylic acids is 1. The highest BCUT2D eigenvalue weighted by molar-refractivity contribution is 5.88. The topological polar surface area (TPSA) is 104 Å². The number of esters is 1. The van der Waals surface area contributed by atoms with Crippen LogP contribution in [0.5, 0.6) is 0 Å². The van der Waals surface area contributed by atoms with E-state index < -0.39 is 58.4 Å². The number of halogens is 6. The normalized spacial score (nSPS) is 12.2. The molecule has 0 fully saturated rings. The van der Waals surface area contributed by atoms with Gasteiger partial charge in [0, 0.05) is 20.3 Å². The molecule has 1 N–H and O–H groups in total. The number of hydrogen-bond acceptors (Lipinski definition) is 5. The van der Waals surface area contributed by atoms with E-state index in [0.29, 0.717) is 11.0 Å². The molecule has 2 aromatic carbocycles. The molecule has 2 heterocycles. The van der Waals surface area contributed by atoms with E-state index in [9.17, 15) is 40.7 Å². The molecule has 0 atom stereocenters. The average Bonchev–Trinajstić information content (AvgIpc) is 3.08. The Balaban J connectivity index is 2.02. The summed E-state index contributed by atoms with van der Waals surface area (Å²) < 4.78 is 90.9. The van der Waals surface area contributed by atoms with E-state index in [1.165, 1.54) is 23.6 Å². The van der Waals surface area contributed by atoms with Gasteiger partial charge in [0.05, 0.1) is 41.0 Å². The SMILES string of the molecule is CCOC(=O)c1cn(-c2ccc3c(c2)n(C)c(=N)n3C)c(=O)n(Cc2cccc(C(F)(F)F)c2C(F)(F)F)c1=O. The zero-order chi connectivity index (χ0) is 29.7. The molecule has 0 saturated carbocycles. The lowest BCUT2D eigenvalue weighted by Crippen LogP contribution is -2.42. The molecule has 40 heavy (non-hydrogen) atoms. The van der Waals surface area contributed by atoms with Crippen LogP contribution in [0.1, 0.15) is 34.0 Å². The van der Waals surface area contributed by atoms with E-state index in [0.717, 1.165) is 22.9 Å². The maximum absolute atomic E-state index is 13.9. The number of aromatic nitrogens is 4. The minimum absolute atomic E-state index is 0.0677. The molecule has 0 aliphatic heterocycles. The Labute approximate surface area is 220 Å². The highest BCUT2D eigenvalue weighted by atomic mass is 19.4. The highest BCUT2D eigenvalue weighted by Crippen LogP contribution is 2.42. The Bertz CT molecular complexity index is 1830. The smallest absolute Gasteiger partial charge is 0.417 e. The standard InChI is InChI=1S/C25H21F6N5O4/c1-4-40-21(38)15-12-35(14-8-9-17-18(10-14)34(3)22(32)33(17)2)23(39)36(20(15)37)11-13-6-5-7-16(24(26,27)28)19(13)25(29,30)31/h5-10,12,32H,4,11H2,1-3H3. The monoisotopic (exact) mass is 569 g/mol. The van der Waals surface area contributed by atoms with Crippen LogP contribution in [0.25, 0.3) is 16.7 Å². The first-order chi connectivity index (χ1) is 18.6. The summed E-state index contributed by atoms with van der Waals surface area (Å²) in [5.74, 6) is -1.19. The van der Waals surface area contributed by atoms with Gasteiger partial charge in [0.2, 0.25) is 5.62 Å². The molecule has 0 spiro atoms. The molecule has 212 valence electrons. The van der Waals surface area contributed by atoms with Crippen molar-refractivity contribution >= 4 is 17.0 Å². The van der Waals surface area contributed by atoms with Crippen LogP contribution in [0.3, 0.4) is 0 Å². The van der Waals surface area contributed by atoms with Crippen molar-refractivity contribution in [1.29, 1.82) is 5.41 Å². The minimum Gasteiger partial charge on any atom is -0.462 e. The zero-order valence-corrected chi connectivity index (χ0v) is 21.1. The van der Waals surface area contributed by atoms with Crippen molar-refractivity contribution in [1.82, 2.24) is 18.3 Å². The minimum atomic E-state index is -5.48. The fourth-order valence-corrected chi connectivity index (χ4v) is 4.42. The van der Waals surface area contributed by atoms with Crippen molar-refractivity contribution in [2.24, 2.45) is 14.1 Å². The molecule has 0 unspecified atom stereocenters. The number of carbonyl (C=O) groups is 1. The number of nitrogens with zero attached hydrogens (tertiary/aromatic N) is 4. The zero-order valence-electron chi connectivity index (χ0n) is 21.1.